The Balaban J connectivity index is 2.35. The summed E-state index contributed by atoms with van der Waals surface area (Å²) in [5.41, 5.74) is 3.23. The molecule has 0 aliphatic carbocycles. The van der Waals surface area contributed by atoms with Crippen molar-refractivity contribution in [3.8, 4) is 16.2 Å². The molecule has 0 saturated carbocycles. The van der Waals surface area contributed by atoms with Crippen LogP contribution in [0.15, 0.2) is 18.2 Å². The second-order valence-electron chi connectivity index (χ2n) is 5.05. The van der Waals surface area contributed by atoms with Crippen LogP contribution in [0.1, 0.15) is 25.0 Å². The van der Waals surface area contributed by atoms with E-state index in [0.29, 0.717) is 18.8 Å². The zero-order valence-corrected chi connectivity index (χ0v) is 15.3. The standard InChI is InChI=1S/C16H21NO2S3/c1-3-13-15(21-22-16(13)20)11-5-6-14(19)12(9-11)10-17(4-2)7-8-18/h5-6,9,18-19H,3-4,7-8,10H2,1-2H3. The minimum absolute atomic E-state index is 0.125. The predicted octanol–water partition coefficient (Wildman–Crippen LogP) is 4.29. The number of phenols is 1. The molecule has 1 aromatic carbocycles. The van der Waals surface area contributed by atoms with Gasteiger partial charge in [-0.1, -0.05) is 46.7 Å². The lowest BCUT2D eigenvalue weighted by Crippen LogP contribution is -2.26. The van der Waals surface area contributed by atoms with Gasteiger partial charge in [-0.25, -0.2) is 0 Å². The third-order valence-electron chi connectivity index (χ3n) is 3.67. The van der Waals surface area contributed by atoms with Crippen LogP contribution >= 0.6 is 32.9 Å². The molecule has 0 amide bonds. The maximum atomic E-state index is 10.1. The molecule has 0 spiro atoms. The maximum Gasteiger partial charge on any atom is 0.120 e. The zero-order valence-electron chi connectivity index (χ0n) is 12.8. The summed E-state index contributed by atoms with van der Waals surface area (Å²) in [6, 6.07) is 5.75. The van der Waals surface area contributed by atoms with Gasteiger partial charge in [0.25, 0.3) is 0 Å². The predicted molar refractivity (Wildman–Crippen MR) is 97.5 cm³/mol. The van der Waals surface area contributed by atoms with E-state index in [0.717, 1.165) is 27.9 Å². The van der Waals surface area contributed by atoms with Crippen LogP contribution in [-0.4, -0.2) is 34.8 Å². The van der Waals surface area contributed by atoms with Crippen LogP contribution in [0.4, 0.5) is 0 Å². The van der Waals surface area contributed by atoms with Gasteiger partial charge in [0.05, 0.1) is 11.5 Å². The molecule has 0 saturated heterocycles. The number of rotatable bonds is 7. The second-order valence-corrected chi connectivity index (χ2v) is 7.87. The molecule has 6 heteroatoms. The smallest absolute Gasteiger partial charge is 0.120 e. The van der Waals surface area contributed by atoms with Crippen molar-refractivity contribution >= 4 is 32.9 Å². The summed E-state index contributed by atoms with van der Waals surface area (Å²) in [4.78, 5) is 3.32. The first-order valence-electron chi connectivity index (χ1n) is 7.38. The number of hydrogen-bond acceptors (Lipinski definition) is 6. The molecule has 0 unspecified atom stereocenters. The van der Waals surface area contributed by atoms with Crippen molar-refractivity contribution in [3.63, 3.8) is 0 Å². The topological polar surface area (TPSA) is 43.7 Å². The van der Waals surface area contributed by atoms with Crippen LogP contribution in [-0.2, 0) is 13.0 Å². The van der Waals surface area contributed by atoms with E-state index in [4.69, 9.17) is 17.3 Å². The highest BCUT2D eigenvalue weighted by molar-refractivity contribution is 7.80. The minimum Gasteiger partial charge on any atom is -0.508 e. The van der Waals surface area contributed by atoms with Gasteiger partial charge in [0.15, 0.2) is 0 Å². The van der Waals surface area contributed by atoms with Gasteiger partial charge < -0.3 is 10.2 Å². The normalized spacial score (nSPS) is 11.3. The minimum atomic E-state index is 0.125. The van der Waals surface area contributed by atoms with E-state index in [1.807, 2.05) is 12.1 Å². The summed E-state index contributed by atoms with van der Waals surface area (Å²) >= 11 is 5.40. The quantitative estimate of drug-likeness (QED) is 0.574. The Morgan fingerprint density at radius 3 is 2.64 bits per heavy atom. The van der Waals surface area contributed by atoms with Crippen molar-refractivity contribution in [2.24, 2.45) is 0 Å². The number of aromatic hydroxyl groups is 1. The highest BCUT2D eigenvalue weighted by Gasteiger charge is 2.13. The SMILES string of the molecule is CCc1c(-c2ccc(O)c(CN(CC)CCO)c2)ssc1=S. The fraction of sp³-hybridized carbons (Fsp3) is 0.438. The summed E-state index contributed by atoms with van der Waals surface area (Å²) in [7, 11) is 3.34. The highest BCUT2D eigenvalue weighted by atomic mass is 32.9. The second kappa shape index (κ2) is 8.17. The fourth-order valence-corrected chi connectivity index (χ4v) is 5.51. The van der Waals surface area contributed by atoms with Crippen LogP contribution in [0.5, 0.6) is 5.75 Å². The Morgan fingerprint density at radius 1 is 1.23 bits per heavy atom. The lowest BCUT2D eigenvalue weighted by Gasteiger charge is -2.20. The molecular weight excluding hydrogens is 334 g/mol. The first-order chi connectivity index (χ1) is 10.6. The Hall–Kier alpha value is -0.790. The molecule has 0 aliphatic rings. The summed E-state index contributed by atoms with van der Waals surface area (Å²) < 4.78 is 0.965. The molecular formula is C16H21NO2S3. The van der Waals surface area contributed by atoms with Gasteiger partial charge in [-0.3, -0.25) is 4.90 Å². The van der Waals surface area contributed by atoms with Crippen LogP contribution in [0.3, 0.4) is 0 Å². The fourth-order valence-electron chi connectivity index (χ4n) is 2.38. The third kappa shape index (κ3) is 3.94. The van der Waals surface area contributed by atoms with E-state index in [-0.39, 0.29) is 6.61 Å². The Bertz CT molecular complexity index is 678. The Kier molecular flexibility index (Phi) is 6.52. The van der Waals surface area contributed by atoms with Crippen molar-refractivity contribution in [3.05, 3.63) is 33.1 Å². The Labute approximate surface area is 143 Å². The molecule has 1 aromatic heterocycles. The van der Waals surface area contributed by atoms with E-state index in [1.54, 1.807) is 26.7 Å². The van der Waals surface area contributed by atoms with E-state index in [9.17, 15) is 5.11 Å². The van der Waals surface area contributed by atoms with Crippen molar-refractivity contribution in [1.82, 2.24) is 4.90 Å². The van der Waals surface area contributed by atoms with E-state index >= 15 is 0 Å². The zero-order chi connectivity index (χ0) is 16.1. The number of phenolic OH excluding ortho intramolecular Hbond substituents is 1. The van der Waals surface area contributed by atoms with Gasteiger partial charge in [0, 0.05) is 18.7 Å². The van der Waals surface area contributed by atoms with Crippen molar-refractivity contribution in [1.29, 1.82) is 0 Å². The van der Waals surface area contributed by atoms with Crippen LogP contribution in [0, 0.1) is 3.82 Å². The van der Waals surface area contributed by atoms with Gasteiger partial charge >= 0.3 is 0 Å². The molecule has 1 heterocycles. The van der Waals surface area contributed by atoms with Gasteiger partial charge in [-0.15, -0.1) is 0 Å². The first kappa shape index (κ1) is 17.6. The number of hydrogen-bond donors (Lipinski definition) is 2. The number of likely N-dealkylation sites (N-methyl/N-ethyl adjacent to an activating group) is 1. The molecule has 0 aliphatic heterocycles. The molecule has 3 nitrogen and oxygen atoms in total. The number of benzene rings is 1. The molecule has 0 atom stereocenters. The molecule has 0 fully saturated rings. The van der Waals surface area contributed by atoms with E-state index in [1.165, 1.54) is 10.4 Å². The van der Waals surface area contributed by atoms with Crippen LogP contribution in [0.2, 0.25) is 0 Å². The van der Waals surface area contributed by atoms with Crippen molar-refractivity contribution in [2.45, 2.75) is 26.8 Å². The van der Waals surface area contributed by atoms with Crippen LogP contribution < -0.4 is 0 Å². The molecule has 2 aromatic rings. The van der Waals surface area contributed by atoms with Gasteiger partial charge in [0.1, 0.15) is 9.57 Å². The monoisotopic (exact) mass is 355 g/mol. The number of nitrogens with zero attached hydrogens (tertiary/aromatic N) is 1. The van der Waals surface area contributed by atoms with E-state index < -0.39 is 0 Å². The van der Waals surface area contributed by atoms with Gasteiger partial charge in [-0.2, -0.15) is 0 Å². The molecule has 0 bridgehead atoms. The number of aliphatic hydroxyl groups is 1. The average molecular weight is 356 g/mol. The molecule has 0 radical (unpaired) electrons. The summed E-state index contributed by atoms with van der Waals surface area (Å²) in [5, 5.41) is 19.2. The summed E-state index contributed by atoms with van der Waals surface area (Å²) in [6.45, 7) is 6.37. The van der Waals surface area contributed by atoms with Crippen molar-refractivity contribution < 1.29 is 10.2 Å². The molecule has 2 N–H and O–H groups in total. The maximum absolute atomic E-state index is 10.1. The van der Waals surface area contributed by atoms with Crippen molar-refractivity contribution in [2.75, 3.05) is 19.7 Å². The van der Waals surface area contributed by atoms with Gasteiger partial charge in [0.2, 0.25) is 0 Å². The van der Waals surface area contributed by atoms with Gasteiger partial charge in [-0.05, 0) is 42.3 Å². The highest BCUT2D eigenvalue weighted by Crippen LogP contribution is 2.36. The molecule has 120 valence electrons. The lowest BCUT2D eigenvalue weighted by atomic mass is 10.0. The first-order valence-corrected chi connectivity index (χ1v) is 9.93. The molecule has 22 heavy (non-hydrogen) atoms. The summed E-state index contributed by atoms with van der Waals surface area (Å²) in [5.74, 6) is 0.303. The Morgan fingerprint density at radius 2 is 2.00 bits per heavy atom. The lowest BCUT2D eigenvalue weighted by molar-refractivity contribution is 0.195. The number of aliphatic hydroxyl groups excluding tert-OH is 1. The third-order valence-corrected chi connectivity index (χ3v) is 6.87. The van der Waals surface area contributed by atoms with Crippen LogP contribution in [0.25, 0.3) is 10.4 Å². The largest absolute Gasteiger partial charge is 0.508 e. The average Bonchev–Trinajstić information content (AvgIpc) is 2.89. The molecule has 2 rings (SSSR count). The van der Waals surface area contributed by atoms with E-state index in [2.05, 4.69) is 18.7 Å². The summed E-state index contributed by atoms with van der Waals surface area (Å²) in [6.07, 6.45) is 0.927.